The molecule has 0 aliphatic heterocycles. The molecule has 0 saturated heterocycles. The Morgan fingerprint density at radius 1 is 1.56 bits per heavy atom. The van der Waals surface area contributed by atoms with Crippen LogP contribution in [0, 0.1) is 5.92 Å². The van der Waals surface area contributed by atoms with E-state index in [1.54, 1.807) is 5.57 Å². The van der Waals surface area contributed by atoms with Gasteiger partial charge in [0, 0.05) is 13.1 Å². The average molecular weight is 223 g/mol. The number of hydrogen-bond donors (Lipinski definition) is 2. The van der Waals surface area contributed by atoms with E-state index in [1.807, 2.05) is 0 Å². The fourth-order valence-corrected chi connectivity index (χ4v) is 1.81. The molecular formula is C13H25N3. The van der Waals surface area contributed by atoms with Gasteiger partial charge in [-0.1, -0.05) is 25.5 Å². The average Bonchev–Trinajstić information content (AvgIpc) is 2.70. The highest BCUT2D eigenvalue weighted by Crippen LogP contribution is 2.19. The number of nitrogens with two attached hydrogens (primary N) is 1. The van der Waals surface area contributed by atoms with Gasteiger partial charge in [-0.3, -0.25) is 4.99 Å². The third kappa shape index (κ3) is 5.79. The van der Waals surface area contributed by atoms with Gasteiger partial charge in [0.1, 0.15) is 0 Å². The lowest BCUT2D eigenvalue weighted by molar-refractivity contribution is 0.595. The zero-order valence-corrected chi connectivity index (χ0v) is 10.6. The van der Waals surface area contributed by atoms with E-state index in [9.17, 15) is 0 Å². The number of hydrogen-bond acceptors (Lipinski definition) is 1. The van der Waals surface area contributed by atoms with Crippen molar-refractivity contribution in [1.82, 2.24) is 5.32 Å². The van der Waals surface area contributed by atoms with Crippen molar-refractivity contribution in [3.8, 4) is 0 Å². The summed E-state index contributed by atoms with van der Waals surface area (Å²) in [5.41, 5.74) is 7.34. The van der Waals surface area contributed by atoms with E-state index in [2.05, 4.69) is 30.2 Å². The molecule has 3 heteroatoms. The molecule has 0 radical (unpaired) electrons. The minimum absolute atomic E-state index is 0.597. The molecule has 3 N–H and O–H groups in total. The van der Waals surface area contributed by atoms with Crippen molar-refractivity contribution in [2.75, 3.05) is 13.1 Å². The van der Waals surface area contributed by atoms with E-state index in [1.165, 1.54) is 19.3 Å². The van der Waals surface area contributed by atoms with Gasteiger partial charge in [-0.25, -0.2) is 0 Å². The summed E-state index contributed by atoms with van der Waals surface area (Å²) in [7, 11) is 0. The summed E-state index contributed by atoms with van der Waals surface area (Å²) in [5, 5.41) is 3.17. The number of aliphatic imine (C=N–C) groups is 1. The van der Waals surface area contributed by atoms with Crippen molar-refractivity contribution in [3.05, 3.63) is 11.6 Å². The zero-order valence-electron chi connectivity index (χ0n) is 10.6. The van der Waals surface area contributed by atoms with Crippen molar-refractivity contribution >= 4 is 5.96 Å². The van der Waals surface area contributed by atoms with Gasteiger partial charge in [-0.2, -0.15) is 0 Å². The summed E-state index contributed by atoms with van der Waals surface area (Å²) < 4.78 is 0. The van der Waals surface area contributed by atoms with Crippen molar-refractivity contribution < 1.29 is 0 Å². The van der Waals surface area contributed by atoms with Crippen LogP contribution in [0.5, 0.6) is 0 Å². The Bertz CT molecular complexity index is 254. The minimum Gasteiger partial charge on any atom is -0.370 e. The van der Waals surface area contributed by atoms with Gasteiger partial charge in [-0.15, -0.1) is 0 Å². The molecule has 1 rings (SSSR count). The molecule has 16 heavy (non-hydrogen) atoms. The van der Waals surface area contributed by atoms with Crippen LogP contribution < -0.4 is 11.1 Å². The molecule has 0 atom stereocenters. The van der Waals surface area contributed by atoms with E-state index in [4.69, 9.17) is 5.73 Å². The molecule has 0 spiro atoms. The lowest BCUT2D eigenvalue weighted by atomic mass is 10.1. The third-order valence-corrected chi connectivity index (χ3v) is 2.88. The molecule has 1 aliphatic carbocycles. The highest BCUT2D eigenvalue weighted by Gasteiger charge is 2.03. The van der Waals surface area contributed by atoms with Crippen molar-refractivity contribution in [2.24, 2.45) is 16.6 Å². The third-order valence-electron chi connectivity index (χ3n) is 2.88. The predicted molar refractivity (Wildman–Crippen MR) is 70.5 cm³/mol. The maximum atomic E-state index is 5.76. The Kier molecular flexibility index (Phi) is 5.98. The quantitative estimate of drug-likeness (QED) is 0.413. The smallest absolute Gasteiger partial charge is 0.188 e. The zero-order chi connectivity index (χ0) is 11.8. The van der Waals surface area contributed by atoms with Crippen LogP contribution in [0.15, 0.2) is 16.6 Å². The van der Waals surface area contributed by atoms with Gasteiger partial charge in [0.15, 0.2) is 5.96 Å². The molecule has 0 aromatic carbocycles. The molecule has 0 heterocycles. The second-order valence-electron chi connectivity index (χ2n) is 4.88. The van der Waals surface area contributed by atoms with Gasteiger partial charge < -0.3 is 11.1 Å². The second kappa shape index (κ2) is 7.31. The van der Waals surface area contributed by atoms with E-state index in [-0.39, 0.29) is 0 Å². The summed E-state index contributed by atoms with van der Waals surface area (Å²) in [6.45, 7) is 6.15. The van der Waals surface area contributed by atoms with E-state index in [0.717, 1.165) is 25.9 Å². The van der Waals surface area contributed by atoms with Crippen LogP contribution in [-0.2, 0) is 0 Å². The highest BCUT2D eigenvalue weighted by atomic mass is 15.1. The molecule has 0 fully saturated rings. The van der Waals surface area contributed by atoms with Crippen LogP contribution in [0.1, 0.15) is 46.0 Å². The molecule has 0 aromatic heterocycles. The van der Waals surface area contributed by atoms with Gasteiger partial charge in [0.05, 0.1) is 0 Å². The summed E-state index contributed by atoms with van der Waals surface area (Å²) in [4.78, 5) is 4.29. The summed E-state index contributed by atoms with van der Waals surface area (Å²) in [6.07, 6.45) is 8.42. The van der Waals surface area contributed by atoms with E-state index in [0.29, 0.717) is 11.9 Å². The number of rotatable bonds is 6. The largest absolute Gasteiger partial charge is 0.370 e. The van der Waals surface area contributed by atoms with Crippen molar-refractivity contribution in [1.29, 1.82) is 0 Å². The molecule has 0 unspecified atom stereocenters. The maximum Gasteiger partial charge on any atom is 0.188 e. The molecule has 0 saturated carbocycles. The first-order valence-electron chi connectivity index (χ1n) is 6.40. The van der Waals surface area contributed by atoms with Crippen LogP contribution in [0.2, 0.25) is 0 Å². The Balaban J connectivity index is 2.07. The van der Waals surface area contributed by atoms with Gasteiger partial charge in [-0.05, 0) is 38.0 Å². The Labute approximate surface area is 99.2 Å². The van der Waals surface area contributed by atoms with Crippen LogP contribution in [0.3, 0.4) is 0 Å². The van der Waals surface area contributed by atoms with Crippen LogP contribution in [0.4, 0.5) is 0 Å². The molecule has 1 aliphatic rings. The van der Waals surface area contributed by atoms with Crippen LogP contribution >= 0.6 is 0 Å². The topological polar surface area (TPSA) is 50.4 Å². The van der Waals surface area contributed by atoms with Crippen LogP contribution in [-0.4, -0.2) is 19.0 Å². The Morgan fingerprint density at radius 3 is 3.00 bits per heavy atom. The highest BCUT2D eigenvalue weighted by molar-refractivity contribution is 5.77. The summed E-state index contributed by atoms with van der Waals surface area (Å²) in [5.74, 6) is 1.29. The number of nitrogens with one attached hydrogen (secondary N) is 1. The van der Waals surface area contributed by atoms with Crippen LogP contribution in [0.25, 0.3) is 0 Å². The Hall–Kier alpha value is -0.990. The number of guanidine groups is 1. The monoisotopic (exact) mass is 223 g/mol. The normalized spacial score (nSPS) is 16.7. The standard InChI is InChI=1S/C13H25N3/c1-11(2)7-9-15-13(14)16-10-8-12-5-3-4-6-12/h5,11H,3-4,6-10H2,1-2H3,(H3,14,15,16). The number of allylic oxidation sites excluding steroid dienone is 1. The molecule has 92 valence electrons. The lowest BCUT2D eigenvalue weighted by Gasteiger charge is -2.06. The number of nitrogens with zero attached hydrogens (tertiary/aromatic N) is 1. The molecule has 0 bridgehead atoms. The lowest BCUT2D eigenvalue weighted by Crippen LogP contribution is -2.32. The Morgan fingerprint density at radius 2 is 2.38 bits per heavy atom. The molecular weight excluding hydrogens is 198 g/mol. The molecule has 0 aromatic rings. The second-order valence-corrected chi connectivity index (χ2v) is 4.88. The van der Waals surface area contributed by atoms with Crippen molar-refractivity contribution in [2.45, 2.75) is 46.0 Å². The first-order chi connectivity index (χ1) is 7.68. The fourth-order valence-electron chi connectivity index (χ4n) is 1.81. The summed E-state index contributed by atoms with van der Waals surface area (Å²) >= 11 is 0. The first-order valence-corrected chi connectivity index (χ1v) is 6.40. The van der Waals surface area contributed by atoms with E-state index < -0.39 is 0 Å². The minimum atomic E-state index is 0.597. The van der Waals surface area contributed by atoms with Gasteiger partial charge in [0.25, 0.3) is 0 Å². The molecule has 3 nitrogen and oxygen atoms in total. The van der Waals surface area contributed by atoms with Crippen molar-refractivity contribution in [3.63, 3.8) is 0 Å². The molecule has 0 amide bonds. The van der Waals surface area contributed by atoms with Gasteiger partial charge >= 0.3 is 0 Å². The SMILES string of the molecule is CC(C)CCN=C(N)NCCC1=CCCC1. The van der Waals surface area contributed by atoms with Gasteiger partial charge in [0.2, 0.25) is 0 Å². The fraction of sp³-hybridized carbons (Fsp3) is 0.769. The first kappa shape index (κ1) is 13.1. The maximum absolute atomic E-state index is 5.76. The summed E-state index contributed by atoms with van der Waals surface area (Å²) in [6, 6.07) is 0. The van der Waals surface area contributed by atoms with E-state index >= 15 is 0 Å². The predicted octanol–water partition coefficient (Wildman–Crippen LogP) is 2.44.